The summed E-state index contributed by atoms with van der Waals surface area (Å²) in [4.78, 5) is 35.2. The Hall–Kier alpha value is -1.79. The third-order valence-corrected chi connectivity index (χ3v) is 3.42. The summed E-state index contributed by atoms with van der Waals surface area (Å²) < 4.78 is 9.88. The highest BCUT2D eigenvalue weighted by atomic mass is 16.6. The lowest BCUT2D eigenvalue weighted by Crippen LogP contribution is -2.41. The lowest BCUT2D eigenvalue weighted by molar-refractivity contribution is -0.145. The van der Waals surface area contributed by atoms with Gasteiger partial charge in [0.05, 0.1) is 7.11 Å². The molecule has 0 fully saturated rings. The number of carbonyl (C=O) groups excluding carboxylic acids is 3. The van der Waals surface area contributed by atoms with Crippen LogP contribution < -0.4 is 10.6 Å². The smallest absolute Gasteiger partial charge is 0.407 e. The topological polar surface area (TPSA) is 93.7 Å². The van der Waals surface area contributed by atoms with Crippen molar-refractivity contribution in [1.82, 2.24) is 10.6 Å². The van der Waals surface area contributed by atoms with Crippen molar-refractivity contribution in [3.05, 3.63) is 0 Å². The number of methoxy groups -OCH3 is 1. The molecule has 7 nitrogen and oxygen atoms in total. The molecule has 0 bridgehead atoms. The van der Waals surface area contributed by atoms with Gasteiger partial charge in [-0.15, -0.1) is 0 Å². The summed E-state index contributed by atoms with van der Waals surface area (Å²) in [7, 11) is 1.31. The summed E-state index contributed by atoms with van der Waals surface area (Å²) in [6, 6.07) is -0.638. The van der Waals surface area contributed by atoms with Crippen LogP contribution >= 0.6 is 0 Å². The Labute approximate surface area is 151 Å². The first-order chi connectivity index (χ1) is 11.7. The minimum Gasteiger partial charge on any atom is -0.467 e. The molecule has 25 heavy (non-hydrogen) atoms. The molecule has 2 amide bonds. The Bertz CT molecular complexity index is 418. The largest absolute Gasteiger partial charge is 0.467 e. The van der Waals surface area contributed by atoms with E-state index < -0.39 is 23.7 Å². The second kappa shape index (κ2) is 12.6. The number of rotatable bonds is 11. The van der Waals surface area contributed by atoms with Crippen molar-refractivity contribution < 1.29 is 23.9 Å². The Morgan fingerprint density at radius 3 is 2.28 bits per heavy atom. The van der Waals surface area contributed by atoms with E-state index in [2.05, 4.69) is 17.6 Å². The summed E-state index contributed by atoms with van der Waals surface area (Å²) in [5, 5.41) is 5.40. The highest BCUT2D eigenvalue weighted by Gasteiger charge is 2.21. The van der Waals surface area contributed by atoms with Gasteiger partial charge in [0.25, 0.3) is 0 Å². The van der Waals surface area contributed by atoms with Crippen LogP contribution in [0.5, 0.6) is 0 Å². The van der Waals surface area contributed by atoms with Crippen LogP contribution in [0.4, 0.5) is 4.79 Å². The van der Waals surface area contributed by atoms with Crippen molar-refractivity contribution in [2.45, 2.75) is 84.3 Å². The molecular formula is C18H34N2O5. The lowest BCUT2D eigenvalue weighted by atomic mass is 10.1. The van der Waals surface area contributed by atoms with Crippen LogP contribution in [0.2, 0.25) is 0 Å². The number of carbonyl (C=O) groups is 3. The number of nitrogens with one attached hydrogen (secondary N) is 2. The SMILES string of the molecule is CCCCCC(=O)N[C@@H](CCCCNC(=O)OC(C)(C)C)C(=O)OC. The van der Waals surface area contributed by atoms with Gasteiger partial charge in [0.15, 0.2) is 0 Å². The fraction of sp³-hybridized carbons (Fsp3) is 0.833. The fourth-order valence-electron chi connectivity index (χ4n) is 2.17. The number of alkyl carbamates (subject to hydrolysis) is 1. The van der Waals surface area contributed by atoms with E-state index in [9.17, 15) is 14.4 Å². The molecule has 146 valence electrons. The first kappa shape index (κ1) is 23.2. The number of hydrogen-bond acceptors (Lipinski definition) is 5. The third kappa shape index (κ3) is 13.2. The molecule has 7 heteroatoms. The molecular weight excluding hydrogens is 324 g/mol. The summed E-state index contributed by atoms with van der Waals surface area (Å²) >= 11 is 0. The minimum atomic E-state index is -0.638. The molecule has 2 N–H and O–H groups in total. The second-order valence-electron chi connectivity index (χ2n) is 7.02. The zero-order valence-electron chi connectivity index (χ0n) is 16.3. The summed E-state index contributed by atoms with van der Waals surface area (Å²) in [5.74, 6) is -0.570. The van der Waals surface area contributed by atoms with Gasteiger partial charge in [0.2, 0.25) is 5.91 Å². The summed E-state index contributed by atoms with van der Waals surface area (Å²) in [5.41, 5.74) is -0.526. The van der Waals surface area contributed by atoms with Crippen molar-refractivity contribution in [1.29, 1.82) is 0 Å². The summed E-state index contributed by atoms with van der Waals surface area (Å²) in [6.45, 7) is 7.93. The Morgan fingerprint density at radius 1 is 1.04 bits per heavy atom. The van der Waals surface area contributed by atoms with Crippen molar-refractivity contribution >= 4 is 18.0 Å². The minimum absolute atomic E-state index is 0.129. The molecule has 1 atom stereocenters. The van der Waals surface area contributed by atoms with E-state index in [0.29, 0.717) is 32.2 Å². The van der Waals surface area contributed by atoms with Crippen LogP contribution in [0.25, 0.3) is 0 Å². The predicted molar refractivity (Wildman–Crippen MR) is 96.2 cm³/mol. The van der Waals surface area contributed by atoms with Crippen LogP contribution in [0.15, 0.2) is 0 Å². The van der Waals surface area contributed by atoms with E-state index in [-0.39, 0.29) is 5.91 Å². The molecule has 0 saturated carbocycles. The standard InChI is InChI=1S/C18H34N2O5/c1-6-7-8-12-15(21)20-14(16(22)24-5)11-9-10-13-19-17(23)25-18(2,3)4/h14H,6-13H2,1-5H3,(H,19,23)(H,20,21)/t14-/m0/s1. The fourth-order valence-corrected chi connectivity index (χ4v) is 2.17. The van der Waals surface area contributed by atoms with E-state index in [1.165, 1.54) is 7.11 Å². The summed E-state index contributed by atoms with van der Waals surface area (Å²) in [6.07, 6.45) is 4.63. The highest BCUT2D eigenvalue weighted by molar-refractivity contribution is 5.84. The van der Waals surface area contributed by atoms with Crippen LogP contribution in [0, 0.1) is 0 Å². The molecule has 0 rings (SSSR count). The first-order valence-corrected chi connectivity index (χ1v) is 9.03. The van der Waals surface area contributed by atoms with Crippen LogP contribution in [0.3, 0.4) is 0 Å². The first-order valence-electron chi connectivity index (χ1n) is 9.03. The quantitative estimate of drug-likeness (QED) is 0.437. The number of amides is 2. The Balaban J connectivity index is 4.10. The average Bonchev–Trinajstić information content (AvgIpc) is 2.51. The van der Waals surface area contributed by atoms with Gasteiger partial charge in [-0.05, 0) is 46.5 Å². The molecule has 0 aromatic carbocycles. The molecule has 0 saturated heterocycles. The zero-order valence-corrected chi connectivity index (χ0v) is 16.3. The highest BCUT2D eigenvalue weighted by Crippen LogP contribution is 2.07. The van der Waals surface area contributed by atoms with Gasteiger partial charge in [0.1, 0.15) is 11.6 Å². The maximum atomic E-state index is 11.9. The van der Waals surface area contributed by atoms with Crippen molar-refractivity contribution in [3.63, 3.8) is 0 Å². The van der Waals surface area contributed by atoms with E-state index >= 15 is 0 Å². The van der Waals surface area contributed by atoms with Gasteiger partial charge in [-0.1, -0.05) is 19.8 Å². The molecule has 0 aromatic rings. The second-order valence-corrected chi connectivity index (χ2v) is 7.02. The molecule has 0 heterocycles. The predicted octanol–water partition coefficient (Wildman–Crippen LogP) is 2.92. The Kier molecular flexibility index (Phi) is 11.7. The van der Waals surface area contributed by atoms with E-state index in [4.69, 9.17) is 9.47 Å². The van der Waals surface area contributed by atoms with E-state index in [0.717, 1.165) is 19.3 Å². The van der Waals surface area contributed by atoms with E-state index in [1.54, 1.807) is 20.8 Å². The lowest BCUT2D eigenvalue weighted by Gasteiger charge is -2.20. The van der Waals surface area contributed by atoms with E-state index in [1.807, 2.05) is 0 Å². The van der Waals surface area contributed by atoms with Crippen LogP contribution in [0.1, 0.15) is 72.6 Å². The zero-order chi connectivity index (χ0) is 19.3. The average molecular weight is 358 g/mol. The third-order valence-electron chi connectivity index (χ3n) is 3.42. The number of ether oxygens (including phenoxy) is 2. The number of hydrogen-bond donors (Lipinski definition) is 2. The monoisotopic (exact) mass is 358 g/mol. The Morgan fingerprint density at radius 2 is 1.72 bits per heavy atom. The van der Waals surface area contributed by atoms with Gasteiger partial charge < -0.3 is 20.1 Å². The van der Waals surface area contributed by atoms with Crippen LogP contribution in [-0.4, -0.2) is 43.3 Å². The van der Waals surface area contributed by atoms with Crippen molar-refractivity contribution in [3.8, 4) is 0 Å². The molecule has 0 aliphatic heterocycles. The maximum absolute atomic E-state index is 11.9. The van der Waals surface area contributed by atoms with Gasteiger partial charge in [-0.2, -0.15) is 0 Å². The maximum Gasteiger partial charge on any atom is 0.407 e. The number of esters is 1. The van der Waals surface area contributed by atoms with Crippen molar-refractivity contribution in [2.75, 3.05) is 13.7 Å². The molecule has 0 aliphatic rings. The molecule has 0 aliphatic carbocycles. The molecule has 0 spiro atoms. The number of unbranched alkanes of at least 4 members (excludes halogenated alkanes) is 3. The molecule has 0 aromatic heterocycles. The van der Waals surface area contributed by atoms with Gasteiger partial charge in [0, 0.05) is 13.0 Å². The van der Waals surface area contributed by atoms with Crippen molar-refractivity contribution in [2.24, 2.45) is 0 Å². The van der Waals surface area contributed by atoms with Crippen LogP contribution in [-0.2, 0) is 19.1 Å². The molecule has 0 radical (unpaired) electrons. The van der Waals surface area contributed by atoms with Gasteiger partial charge in [-0.3, -0.25) is 4.79 Å². The molecule has 0 unspecified atom stereocenters. The van der Waals surface area contributed by atoms with Gasteiger partial charge >= 0.3 is 12.1 Å². The normalized spacial score (nSPS) is 12.2. The van der Waals surface area contributed by atoms with Gasteiger partial charge in [-0.25, -0.2) is 9.59 Å².